The van der Waals surface area contributed by atoms with E-state index in [1.54, 1.807) is 0 Å². The molecule has 3 aliphatic rings. The van der Waals surface area contributed by atoms with E-state index in [0.29, 0.717) is 17.8 Å². The van der Waals surface area contributed by atoms with Crippen molar-refractivity contribution in [2.24, 2.45) is 17.8 Å². The molecule has 1 aliphatic carbocycles. The van der Waals surface area contributed by atoms with Gasteiger partial charge in [0.15, 0.2) is 0 Å². The molecule has 2 aliphatic heterocycles. The second kappa shape index (κ2) is 4.41. The molecule has 3 unspecified atom stereocenters. The van der Waals surface area contributed by atoms with Gasteiger partial charge in [0.25, 0.3) is 0 Å². The maximum Gasteiger partial charge on any atom is 0.410 e. The first-order chi connectivity index (χ1) is 8.57. The largest absolute Gasteiger partial charge is 0.443 e. The number of carbonyl (C=O) groups is 1. The summed E-state index contributed by atoms with van der Waals surface area (Å²) in [6, 6.07) is 0. The molecule has 3 fully saturated rings. The van der Waals surface area contributed by atoms with Crippen molar-refractivity contribution < 1.29 is 14.3 Å². The number of hydrogen-bond donors (Lipinski definition) is 0. The van der Waals surface area contributed by atoms with Crippen LogP contribution in [0.5, 0.6) is 0 Å². The van der Waals surface area contributed by atoms with Gasteiger partial charge in [-0.3, -0.25) is 0 Å². The van der Waals surface area contributed by atoms with Crippen LogP contribution in [0.25, 0.3) is 0 Å². The van der Waals surface area contributed by atoms with Crippen LogP contribution in [0.3, 0.4) is 0 Å². The quantitative estimate of drug-likeness (QED) is 0.719. The Morgan fingerprint density at radius 2 is 2.17 bits per heavy atom. The standard InChI is InChI=1S/C14H23NO3/c1-10-3-6-17-9-11-7-15(8-12(10)11)13(16)18-14(2)4-5-14/h10-12H,3-9H2,1-2H3. The lowest BCUT2D eigenvalue weighted by molar-refractivity contribution is 0.0595. The van der Waals surface area contributed by atoms with E-state index >= 15 is 0 Å². The molecule has 0 bridgehead atoms. The van der Waals surface area contributed by atoms with Crippen LogP contribution >= 0.6 is 0 Å². The maximum absolute atomic E-state index is 12.1. The monoisotopic (exact) mass is 253 g/mol. The summed E-state index contributed by atoms with van der Waals surface area (Å²) in [5.41, 5.74) is -0.163. The molecule has 3 atom stereocenters. The molecule has 0 spiro atoms. The maximum atomic E-state index is 12.1. The summed E-state index contributed by atoms with van der Waals surface area (Å²) in [4.78, 5) is 14.0. The van der Waals surface area contributed by atoms with Crippen LogP contribution in [0.1, 0.15) is 33.1 Å². The number of rotatable bonds is 1. The fourth-order valence-corrected chi connectivity index (χ4v) is 3.14. The number of fused-ring (bicyclic) bond motifs is 1. The molecule has 102 valence electrons. The molecular formula is C14H23NO3. The van der Waals surface area contributed by atoms with Crippen molar-refractivity contribution in [3.05, 3.63) is 0 Å². The van der Waals surface area contributed by atoms with Gasteiger partial charge >= 0.3 is 6.09 Å². The average Bonchev–Trinajstić information content (AvgIpc) is 2.93. The van der Waals surface area contributed by atoms with Gasteiger partial charge in [-0.25, -0.2) is 4.79 Å². The number of hydrogen-bond acceptors (Lipinski definition) is 3. The molecule has 0 aromatic carbocycles. The van der Waals surface area contributed by atoms with Gasteiger partial charge < -0.3 is 14.4 Å². The molecule has 18 heavy (non-hydrogen) atoms. The Balaban J connectivity index is 1.61. The lowest BCUT2D eigenvalue weighted by Gasteiger charge is -2.21. The van der Waals surface area contributed by atoms with Crippen molar-refractivity contribution >= 4 is 6.09 Å². The Morgan fingerprint density at radius 1 is 1.39 bits per heavy atom. The van der Waals surface area contributed by atoms with Crippen molar-refractivity contribution in [2.75, 3.05) is 26.3 Å². The van der Waals surface area contributed by atoms with Gasteiger partial charge in [0.1, 0.15) is 5.60 Å². The first kappa shape index (κ1) is 12.3. The average molecular weight is 253 g/mol. The molecule has 1 amide bonds. The molecule has 2 heterocycles. The van der Waals surface area contributed by atoms with Crippen molar-refractivity contribution in [3.63, 3.8) is 0 Å². The van der Waals surface area contributed by atoms with Gasteiger partial charge in [-0.1, -0.05) is 6.92 Å². The Bertz CT molecular complexity index is 340. The van der Waals surface area contributed by atoms with Crippen LogP contribution in [0.2, 0.25) is 0 Å². The summed E-state index contributed by atoms with van der Waals surface area (Å²) >= 11 is 0. The minimum Gasteiger partial charge on any atom is -0.443 e. The number of nitrogens with zero attached hydrogens (tertiary/aromatic N) is 1. The Kier molecular flexibility index (Phi) is 3.00. The molecule has 2 saturated heterocycles. The second-order valence-corrected chi connectivity index (χ2v) is 6.49. The predicted octanol–water partition coefficient (Wildman–Crippen LogP) is 2.28. The molecule has 1 saturated carbocycles. The Morgan fingerprint density at radius 3 is 2.89 bits per heavy atom. The first-order valence-electron chi connectivity index (χ1n) is 7.13. The van der Waals surface area contributed by atoms with Crippen LogP contribution < -0.4 is 0 Å². The van der Waals surface area contributed by atoms with Crippen LogP contribution in [0.4, 0.5) is 4.79 Å². The minimum atomic E-state index is -0.163. The fourth-order valence-electron chi connectivity index (χ4n) is 3.14. The van der Waals surface area contributed by atoms with E-state index < -0.39 is 0 Å². The van der Waals surface area contributed by atoms with Crippen molar-refractivity contribution in [1.29, 1.82) is 0 Å². The van der Waals surface area contributed by atoms with Crippen LogP contribution in [-0.4, -0.2) is 42.9 Å². The van der Waals surface area contributed by atoms with Crippen LogP contribution in [0, 0.1) is 17.8 Å². The molecule has 4 heteroatoms. The number of carbonyl (C=O) groups excluding carboxylic acids is 1. The van der Waals surface area contributed by atoms with Gasteiger partial charge in [0.05, 0.1) is 6.61 Å². The van der Waals surface area contributed by atoms with Gasteiger partial charge in [0.2, 0.25) is 0 Å². The van der Waals surface area contributed by atoms with Gasteiger partial charge in [0, 0.05) is 25.6 Å². The summed E-state index contributed by atoms with van der Waals surface area (Å²) in [6.45, 7) is 7.63. The lowest BCUT2D eigenvalue weighted by Crippen LogP contribution is -2.33. The van der Waals surface area contributed by atoms with Crippen LogP contribution in [0.15, 0.2) is 0 Å². The van der Waals surface area contributed by atoms with E-state index in [4.69, 9.17) is 9.47 Å². The smallest absolute Gasteiger partial charge is 0.410 e. The van der Waals surface area contributed by atoms with Gasteiger partial charge in [-0.2, -0.15) is 0 Å². The van der Waals surface area contributed by atoms with E-state index in [1.165, 1.54) is 0 Å². The van der Waals surface area contributed by atoms with Gasteiger partial charge in [-0.05, 0) is 38.0 Å². The van der Waals surface area contributed by atoms with E-state index in [2.05, 4.69) is 6.92 Å². The molecule has 3 rings (SSSR count). The molecule has 0 radical (unpaired) electrons. The minimum absolute atomic E-state index is 0.115. The van der Waals surface area contributed by atoms with E-state index in [0.717, 1.165) is 45.6 Å². The Hall–Kier alpha value is -0.770. The lowest BCUT2D eigenvalue weighted by atomic mass is 9.85. The summed E-state index contributed by atoms with van der Waals surface area (Å²) in [6.07, 6.45) is 3.02. The van der Waals surface area contributed by atoms with Crippen LogP contribution in [-0.2, 0) is 9.47 Å². The van der Waals surface area contributed by atoms with E-state index in [-0.39, 0.29) is 11.7 Å². The third-order valence-corrected chi connectivity index (χ3v) is 4.82. The topological polar surface area (TPSA) is 38.8 Å². The zero-order chi connectivity index (χ0) is 12.8. The third-order valence-electron chi connectivity index (χ3n) is 4.82. The zero-order valence-electron chi connectivity index (χ0n) is 11.4. The summed E-state index contributed by atoms with van der Waals surface area (Å²) < 4.78 is 11.2. The highest BCUT2D eigenvalue weighted by molar-refractivity contribution is 5.69. The van der Waals surface area contributed by atoms with Gasteiger partial charge in [-0.15, -0.1) is 0 Å². The van der Waals surface area contributed by atoms with E-state index in [1.807, 2.05) is 11.8 Å². The van der Waals surface area contributed by atoms with E-state index in [9.17, 15) is 4.79 Å². The zero-order valence-corrected chi connectivity index (χ0v) is 11.4. The normalized spacial score (nSPS) is 37.9. The Labute approximate surface area is 109 Å². The molecular weight excluding hydrogens is 230 g/mol. The second-order valence-electron chi connectivity index (χ2n) is 6.49. The SMILES string of the molecule is CC1CCOCC2CN(C(=O)OC3(C)CC3)CC12. The highest BCUT2D eigenvalue weighted by Gasteiger charge is 2.45. The summed E-state index contributed by atoms with van der Waals surface area (Å²) in [5.74, 6) is 1.74. The molecule has 4 nitrogen and oxygen atoms in total. The molecule has 0 aromatic heterocycles. The first-order valence-corrected chi connectivity index (χ1v) is 7.13. The number of likely N-dealkylation sites (tertiary alicyclic amines) is 1. The number of amides is 1. The third kappa shape index (κ3) is 2.35. The van der Waals surface area contributed by atoms with Crippen molar-refractivity contribution in [2.45, 2.75) is 38.7 Å². The van der Waals surface area contributed by atoms with Crippen molar-refractivity contribution in [3.8, 4) is 0 Å². The number of ether oxygens (including phenoxy) is 2. The predicted molar refractivity (Wildman–Crippen MR) is 67.3 cm³/mol. The molecule has 0 aromatic rings. The molecule has 0 N–H and O–H groups in total. The summed E-state index contributed by atoms with van der Waals surface area (Å²) in [5, 5.41) is 0. The highest BCUT2D eigenvalue weighted by atomic mass is 16.6. The summed E-state index contributed by atoms with van der Waals surface area (Å²) in [7, 11) is 0. The fraction of sp³-hybridized carbons (Fsp3) is 0.929. The van der Waals surface area contributed by atoms with Crippen molar-refractivity contribution in [1.82, 2.24) is 4.90 Å². The highest BCUT2D eigenvalue weighted by Crippen LogP contribution is 2.40.